The number of fused-ring (bicyclic) bond motifs is 2. The maximum absolute atomic E-state index is 14.9. The first-order valence-electron chi connectivity index (χ1n) is 10.6. The molecule has 2 heterocycles. The van der Waals surface area contributed by atoms with Crippen molar-refractivity contribution >= 4 is 0 Å². The van der Waals surface area contributed by atoms with Crippen LogP contribution in [-0.4, -0.2) is 30.4 Å². The molecule has 33 heavy (non-hydrogen) atoms. The molecule has 0 amide bonds. The van der Waals surface area contributed by atoms with Crippen LogP contribution in [0.1, 0.15) is 35.7 Å². The number of rotatable bonds is 8. The van der Waals surface area contributed by atoms with Crippen molar-refractivity contribution in [1.29, 1.82) is 0 Å². The van der Waals surface area contributed by atoms with Gasteiger partial charge in [-0.05, 0) is 42.8 Å². The Balaban J connectivity index is 1.86. The molecule has 4 rings (SSSR count). The van der Waals surface area contributed by atoms with E-state index in [1.54, 1.807) is 18.3 Å². The van der Waals surface area contributed by atoms with E-state index in [-0.39, 0.29) is 18.8 Å². The molecule has 7 nitrogen and oxygen atoms in total. The Morgan fingerprint density at radius 2 is 2.09 bits per heavy atom. The van der Waals surface area contributed by atoms with Crippen LogP contribution < -0.4 is 19.6 Å². The van der Waals surface area contributed by atoms with Gasteiger partial charge in [-0.25, -0.2) is 4.39 Å². The number of hydrogen-bond acceptors (Lipinski definition) is 6. The van der Waals surface area contributed by atoms with Crippen LogP contribution in [-0.2, 0) is 12.0 Å². The van der Waals surface area contributed by atoms with Crippen LogP contribution in [0.15, 0.2) is 48.7 Å². The van der Waals surface area contributed by atoms with E-state index < -0.39 is 11.4 Å². The van der Waals surface area contributed by atoms with Gasteiger partial charge in [-0.15, -0.1) is 5.43 Å². The molecule has 2 aromatic carbocycles. The van der Waals surface area contributed by atoms with Crippen molar-refractivity contribution in [3.05, 3.63) is 88.4 Å². The monoisotopic (exact) mass is 449 g/mol. The Kier molecular flexibility index (Phi) is 6.33. The highest BCUT2D eigenvalue weighted by Crippen LogP contribution is 2.51. The van der Waals surface area contributed by atoms with E-state index in [2.05, 4.69) is 15.4 Å². The van der Waals surface area contributed by atoms with Gasteiger partial charge in [0.25, 0.3) is 0 Å². The van der Waals surface area contributed by atoms with Crippen LogP contribution in [0.2, 0.25) is 0 Å². The highest BCUT2D eigenvalue weighted by molar-refractivity contribution is 5.60. The summed E-state index contributed by atoms with van der Waals surface area (Å²) in [4.78, 5) is 7.88. The summed E-state index contributed by atoms with van der Waals surface area (Å²) in [6.45, 7) is 9.72. The van der Waals surface area contributed by atoms with Crippen LogP contribution in [0, 0.1) is 12.4 Å². The molecule has 0 aliphatic carbocycles. The maximum Gasteiger partial charge on any atom is 0.169 e. The predicted octanol–water partition coefficient (Wildman–Crippen LogP) is 4.37. The Hall–Kier alpha value is -3.83. The highest BCUT2D eigenvalue weighted by atomic mass is 19.1. The Labute approximate surface area is 191 Å². The second-order valence-electron chi connectivity index (χ2n) is 7.58. The molecule has 1 atom stereocenters. The van der Waals surface area contributed by atoms with Gasteiger partial charge in [-0.2, -0.15) is 11.5 Å². The van der Waals surface area contributed by atoms with Crippen molar-refractivity contribution in [3.8, 4) is 23.0 Å². The van der Waals surface area contributed by atoms with Crippen molar-refractivity contribution in [3.63, 3.8) is 0 Å². The zero-order valence-corrected chi connectivity index (χ0v) is 18.4. The average molecular weight is 449 g/mol. The van der Waals surface area contributed by atoms with Crippen molar-refractivity contribution in [2.24, 2.45) is 0 Å². The second kappa shape index (κ2) is 9.35. The minimum absolute atomic E-state index is 0.00371. The Morgan fingerprint density at radius 1 is 1.24 bits per heavy atom. The first-order valence-corrected chi connectivity index (χ1v) is 10.6. The molecular weight excluding hydrogens is 425 g/mol. The van der Waals surface area contributed by atoms with E-state index in [0.29, 0.717) is 41.4 Å². The number of aromatic nitrogens is 1. The molecular formula is C25H24FN3O4. The van der Waals surface area contributed by atoms with E-state index in [9.17, 15) is 9.50 Å². The molecule has 170 valence electrons. The molecule has 0 unspecified atom stereocenters. The number of benzene rings is 2. The fourth-order valence-electron chi connectivity index (χ4n) is 4.22. The van der Waals surface area contributed by atoms with Gasteiger partial charge in [-0.1, -0.05) is 6.07 Å². The molecule has 0 saturated heterocycles. The molecule has 0 fully saturated rings. The number of ether oxygens (including phenoxy) is 3. The van der Waals surface area contributed by atoms with Crippen LogP contribution in [0.3, 0.4) is 0 Å². The fourth-order valence-corrected chi connectivity index (χ4v) is 4.22. The Bertz CT molecular complexity index is 1210. The summed E-state index contributed by atoms with van der Waals surface area (Å²) in [5.74, 6) is 0.795. The predicted molar refractivity (Wildman–Crippen MR) is 120 cm³/mol. The standard InChI is InChI=1S/C25H24FN3O4/c1-4-32-23-6-5-10-28-21(23)13-16-7-8-22-18(12-16)25(9-11-30,29-27-2)19-14-17(31-3)15-20(26)24(19)33-22/h5-8,10,12,14-15,29-30H,4,9,11,13H2,1,3H3/t25-/m0/s1. The van der Waals surface area contributed by atoms with Crippen molar-refractivity contribution in [2.75, 3.05) is 20.3 Å². The lowest BCUT2D eigenvalue weighted by atomic mass is 9.77. The molecule has 1 aromatic heterocycles. The van der Waals surface area contributed by atoms with Crippen LogP contribution in [0.5, 0.6) is 23.0 Å². The van der Waals surface area contributed by atoms with Gasteiger partial charge < -0.3 is 19.3 Å². The quantitative estimate of drug-likeness (QED) is 0.393. The van der Waals surface area contributed by atoms with E-state index >= 15 is 0 Å². The normalized spacial score (nSPS) is 16.1. The molecule has 0 radical (unpaired) electrons. The van der Waals surface area contributed by atoms with Gasteiger partial charge in [0.15, 0.2) is 17.1 Å². The third kappa shape index (κ3) is 4.03. The molecule has 0 bridgehead atoms. The van der Waals surface area contributed by atoms with Gasteiger partial charge in [0.1, 0.15) is 17.2 Å². The summed E-state index contributed by atoms with van der Waals surface area (Å²) in [5.41, 5.74) is 4.29. The van der Waals surface area contributed by atoms with Gasteiger partial charge in [0.05, 0.1) is 19.4 Å². The van der Waals surface area contributed by atoms with Gasteiger partial charge in [0, 0.05) is 42.8 Å². The third-order valence-corrected chi connectivity index (χ3v) is 5.68. The molecule has 1 aliphatic rings. The lowest BCUT2D eigenvalue weighted by Crippen LogP contribution is -2.43. The number of hydrogen-bond donors (Lipinski definition) is 2. The van der Waals surface area contributed by atoms with Crippen molar-refractivity contribution < 1.29 is 23.7 Å². The number of halogens is 1. The summed E-state index contributed by atoms with van der Waals surface area (Å²) in [5, 5.41) is 9.92. The van der Waals surface area contributed by atoms with Gasteiger partial charge in [0.2, 0.25) is 0 Å². The summed E-state index contributed by atoms with van der Waals surface area (Å²) in [6.07, 6.45) is 2.32. The van der Waals surface area contributed by atoms with Crippen LogP contribution in [0.4, 0.5) is 4.39 Å². The van der Waals surface area contributed by atoms with E-state index in [1.165, 1.54) is 13.2 Å². The fraction of sp³-hybridized carbons (Fsp3) is 0.280. The summed E-state index contributed by atoms with van der Waals surface area (Å²) >= 11 is 0. The Morgan fingerprint density at radius 3 is 2.82 bits per heavy atom. The second-order valence-corrected chi connectivity index (χ2v) is 7.58. The topological polar surface area (TPSA) is 77.2 Å². The average Bonchev–Trinajstić information content (AvgIpc) is 2.82. The molecule has 0 saturated carbocycles. The minimum atomic E-state index is -1.20. The highest BCUT2D eigenvalue weighted by Gasteiger charge is 2.46. The number of nitrogens with zero attached hydrogens (tertiary/aromatic N) is 2. The lowest BCUT2D eigenvalue weighted by Gasteiger charge is -2.36. The van der Waals surface area contributed by atoms with E-state index in [0.717, 1.165) is 11.3 Å². The maximum atomic E-state index is 14.9. The summed E-state index contributed by atoms with van der Waals surface area (Å²) < 4.78 is 31.8. The number of nitrogens with one attached hydrogen (secondary N) is 1. The summed E-state index contributed by atoms with van der Waals surface area (Å²) in [6, 6.07) is 12.1. The van der Waals surface area contributed by atoms with Crippen LogP contribution in [0.25, 0.3) is 4.95 Å². The van der Waals surface area contributed by atoms with E-state index in [4.69, 9.17) is 20.8 Å². The molecule has 1 aliphatic heterocycles. The number of aliphatic hydroxyl groups excluding tert-OH is 1. The van der Waals surface area contributed by atoms with Gasteiger partial charge in [-0.3, -0.25) is 4.98 Å². The minimum Gasteiger partial charge on any atom is -0.497 e. The SMILES string of the molecule is [C-]#[N+]N[C@@]1(CCO)c2cc(Cc3ncccc3OCC)ccc2Oc2c(F)cc(OC)cc21. The first-order chi connectivity index (χ1) is 16.1. The van der Waals surface area contributed by atoms with Crippen molar-refractivity contribution in [1.82, 2.24) is 10.4 Å². The van der Waals surface area contributed by atoms with Gasteiger partial charge >= 0.3 is 0 Å². The van der Waals surface area contributed by atoms with E-state index in [1.807, 2.05) is 31.2 Å². The number of aliphatic hydroxyl groups is 1. The first kappa shape index (κ1) is 22.4. The van der Waals surface area contributed by atoms with Crippen LogP contribution >= 0.6 is 0 Å². The summed E-state index contributed by atoms with van der Waals surface area (Å²) in [7, 11) is 1.44. The smallest absolute Gasteiger partial charge is 0.169 e. The number of pyridine rings is 1. The molecule has 2 N–H and O–H groups in total. The lowest BCUT2D eigenvalue weighted by molar-refractivity contribution is 0.230. The zero-order chi connectivity index (χ0) is 23.4. The molecule has 0 spiro atoms. The number of methoxy groups -OCH3 is 1. The third-order valence-electron chi connectivity index (χ3n) is 5.68. The van der Waals surface area contributed by atoms with Crippen molar-refractivity contribution in [2.45, 2.75) is 25.3 Å². The largest absolute Gasteiger partial charge is 0.497 e. The molecule has 8 heteroatoms. The zero-order valence-electron chi connectivity index (χ0n) is 18.4. The molecule has 3 aromatic rings.